The van der Waals surface area contributed by atoms with Crippen molar-refractivity contribution in [1.82, 2.24) is 4.90 Å². The van der Waals surface area contributed by atoms with E-state index >= 15 is 0 Å². The van der Waals surface area contributed by atoms with Crippen molar-refractivity contribution in [1.29, 1.82) is 0 Å². The standard InChI is InChI=1S/C15H26N2/c1-12(11-17(5)15(2,3)4)14(16)13-9-7-6-8-10-13/h6-10,12,14H,11,16H2,1-5H3/t12-,14+/m0/s1. The van der Waals surface area contributed by atoms with Crippen LogP contribution in [-0.4, -0.2) is 24.0 Å². The molecule has 2 heteroatoms. The SMILES string of the molecule is C[C@@H](CN(C)C(C)(C)C)[C@@H](N)c1ccccc1. The van der Waals surface area contributed by atoms with E-state index < -0.39 is 0 Å². The van der Waals surface area contributed by atoms with E-state index in [0.717, 1.165) is 6.54 Å². The summed E-state index contributed by atoms with van der Waals surface area (Å²) < 4.78 is 0. The van der Waals surface area contributed by atoms with Crippen LogP contribution < -0.4 is 5.73 Å². The Morgan fingerprint density at radius 1 is 1.18 bits per heavy atom. The van der Waals surface area contributed by atoms with Crippen molar-refractivity contribution in [2.75, 3.05) is 13.6 Å². The van der Waals surface area contributed by atoms with Gasteiger partial charge >= 0.3 is 0 Å². The average molecular weight is 234 g/mol. The molecule has 0 spiro atoms. The van der Waals surface area contributed by atoms with E-state index in [1.165, 1.54) is 5.56 Å². The molecule has 2 nitrogen and oxygen atoms in total. The van der Waals surface area contributed by atoms with Gasteiger partial charge < -0.3 is 10.6 Å². The van der Waals surface area contributed by atoms with Crippen molar-refractivity contribution < 1.29 is 0 Å². The van der Waals surface area contributed by atoms with E-state index in [0.29, 0.717) is 5.92 Å². The second-order valence-corrected chi connectivity index (χ2v) is 5.97. The number of nitrogens with two attached hydrogens (primary N) is 1. The molecule has 0 unspecified atom stereocenters. The molecule has 17 heavy (non-hydrogen) atoms. The molecular weight excluding hydrogens is 208 g/mol. The first-order valence-corrected chi connectivity index (χ1v) is 6.34. The van der Waals surface area contributed by atoms with Gasteiger partial charge in [-0.25, -0.2) is 0 Å². The van der Waals surface area contributed by atoms with Crippen molar-refractivity contribution in [3.63, 3.8) is 0 Å². The summed E-state index contributed by atoms with van der Waals surface area (Å²) in [6, 6.07) is 10.5. The van der Waals surface area contributed by atoms with Gasteiger partial charge in [0.2, 0.25) is 0 Å². The highest BCUT2D eigenvalue weighted by Crippen LogP contribution is 2.22. The zero-order chi connectivity index (χ0) is 13.1. The Kier molecular flexibility index (Phi) is 4.72. The lowest BCUT2D eigenvalue weighted by atomic mass is 9.93. The maximum absolute atomic E-state index is 6.30. The average Bonchev–Trinajstić information content (AvgIpc) is 2.27. The summed E-state index contributed by atoms with van der Waals surface area (Å²) in [4.78, 5) is 2.36. The van der Waals surface area contributed by atoms with E-state index in [2.05, 4.69) is 63.9 Å². The first-order valence-electron chi connectivity index (χ1n) is 6.34. The summed E-state index contributed by atoms with van der Waals surface area (Å²) in [5.74, 6) is 0.446. The van der Waals surface area contributed by atoms with E-state index in [4.69, 9.17) is 5.73 Å². The monoisotopic (exact) mass is 234 g/mol. The maximum atomic E-state index is 6.30. The highest BCUT2D eigenvalue weighted by molar-refractivity contribution is 5.19. The minimum absolute atomic E-state index is 0.112. The zero-order valence-electron chi connectivity index (χ0n) is 11.8. The van der Waals surface area contributed by atoms with Crippen LogP contribution in [-0.2, 0) is 0 Å². The van der Waals surface area contributed by atoms with E-state index in [-0.39, 0.29) is 11.6 Å². The predicted octanol–water partition coefficient (Wildman–Crippen LogP) is 3.05. The molecule has 0 aliphatic rings. The van der Waals surface area contributed by atoms with E-state index in [9.17, 15) is 0 Å². The van der Waals surface area contributed by atoms with Gasteiger partial charge in [-0.1, -0.05) is 37.3 Å². The molecule has 0 aliphatic heterocycles. The molecule has 2 N–H and O–H groups in total. The van der Waals surface area contributed by atoms with Gasteiger partial charge in [0.15, 0.2) is 0 Å². The van der Waals surface area contributed by atoms with Gasteiger partial charge in [0.1, 0.15) is 0 Å². The molecule has 0 bridgehead atoms. The largest absolute Gasteiger partial charge is 0.324 e. The Bertz CT molecular complexity index is 327. The van der Waals surface area contributed by atoms with Crippen LogP contribution in [0.25, 0.3) is 0 Å². The third kappa shape index (κ3) is 4.14. The number of benzene rings is 1. The molecule has 0 heterocycles. The van der Waals surface area contributed by atoms with Crippen LogP contribution in [0.4, 0.5) is 0 Å². The van der Waals surface area contributed by atoms with Crippen LogP contribution in [0.2, 0.25) is 0 Å². The molecule has 0 fully saturated rings. The van der Waals surface area contributed by atoms with E-state index in [1.807, 2.05) is 6.07 Å². The number of hydrogen-bond acceptors (Lipinski definition) is 2. The topological polar surface area (TPSA) is 29.3 Å². The Labute approximate surface area is 106 Å². The van der Waals surface area contributed by atoms with E-state index in [1.54, 1.807) is 0 Å². The fourth-order valence-electron chi connectivity index (χ4n) is 1.82. The van der Waals surface area contributed by atoms with Gasteiger partial charge in [0.05, 0.1) is 0 Å². The van der Waals surface area contributed by atoms with Crippen molar-refractivity contribution in [2.24, 2.45) is 11.7 Å². The second kappa shape index (κ2) is 5.65. The molecule has 0 saturated carbocycles. The van der Waals surface area contributed by atoms with Gasteiger partial charge in [0.25, 0.3) is 0 Å². The van der Waals surface area contributed by atoms with Gasteiger partial charge in [-0.3, -0.25) is 0 Å². The lowest BCUT2D eigenvalue weighted by Gasteiger charge is -2.35. The van der Waals surface area contributed by atoms with Gasteiger partial charge in [-0.2, -0.15) is 0 Å². The molecule has 0 aromatic heterocycles. The Hall–Kier alpha value is -0.860. The highest BCUT2D eigenvalue weighted by Gasteiger charge is 2.22. The summed E-state index contributed by atoms with van der Waals surface area (Å²) in [6.45, 7) is 9.93. The first kappa shape index (κ1) is 14.2. The Morgan fingerprint density at radius 2 is 1.71 bits per heavy atom. The third-order valence-electron chi connectivity index (χ3n) is 3.50. The van der Waals surface area contributed by atoms with Crippen molar-refractivity contribution in [3.05, 3.63) is 35.9 Å². The number of rotatable bonds is 4. The smallest absolute Gasteiger partial charge is 0.0333 e. The molecule has 0 aliphatic carbocycles. The molecular formula is C15H26N2. The van der Waals surface area contributed by atoms with Crippen LogP contribution in [0, 0.1) is 5.92 Å². The fourth-order valence-corrected chi connectivity index (χ4v) is 1.82. The second-order valence-electron chi connectivity index (χ2n) is 5.97. The lowest BCUT2D eigenvalue weighted by molar-refractivity contribution is 0.145. The summed E-state index contributed by atoms with van der Waals surface area (Å²) in [5.41, 5.74) is 7.73. The summed E-state index contributed by atoms with van der Waals surface area (Å²) >= 11 is 0. The van der Waals surface area contributed by atoms with Crippen molar-refractivity contribution in [3.8, 4) is 0 Å². The number of hydrogen-bond donors (Lipinski definition) is 1. The summed E-state index contributed by atoms with van der Waals surface area (Å²) in [6.07, 6.45) is 0. The number of nitrogens with zero attached hydrogens (tertiary/aromatic N) is 1. The first-order chi connectivity index (χ1) is 7.82. The maximum Gasteiger partial charge on any atom is 0.0333 e. The highest BCUT2D eigenvalue weighted by atomic mass is 15.2. The normalized spacial score (nSPS) is 15.9. The van der Waals surface area contributed by atoms with Crippen LogP contribution in [0.3, 0.4) is 0 Å². The van der Waals surface area contributed by atoms with Crippen LogP contribution in [0.5, 0.6) is 0 Å². The molecule has 1 aromatic carbocycles. The van der Waals surface area contributed by atoms with Gasteiger partial charge in [-0.05, 0) is 39.3 Å². The zero-order valence-corrected chi connectivity index (χ0v) is 11.8. The molecule has 2 atom stereocenters. The molecule has 0 radical (unpaired) electrons. The molecule has 96 valence electrons. The lowest BCUT2D eigenvalue weighted by Crippen LogP contribution is -2.42. The van der Waals surface area contributed by atoms with Gasteiger partial charge in [0, 0.05) is 18.1 Å². The predicted molar refractivity (Wildman–Crippen MR) is 74.9 cm³/mol. The minimum Gasteiger partial charge on any atom is -0.324 e. The third-order valence-corrected chi connectivity index (χ3v) is 3.50. The Balaban J connectivity index is 2.62. The molecule has 0 saturated heterocycles. The molecule has 1 aromatic rings. The summed E-state index contributed by atoms with van der Waals surface area (Å²) in [5, 5.41) is 0. The summed E-state index contributed by atoms with van der Waals surface area (Å²) in [7, 11) is 2.16. The van der Waals surface area contributed by atoms with Crippen molar-refractivity contribution >= 4 is 0 Å². The van der Waals surface area contributed by atoms with Crippen LogP contribution in [0.1, 0.15) is 39.3 Å². The quantitative estimate of drug-likeness (QED) is 0.867. The minimum atomic E-state index is 0.112. The van der Waals surface area contributed by atoms with Crippen molar-refractivity contribution in [2.45, 2.75) is 39.3 Å². The van der Waals surface area contributed by atoms with Crippen LogP contribution in [0.15, 0.2) is 30.3 Å². The van der Waals surface area contributed by atoms with Gasteiger partial charge in [-0.15, -0.1) is 0 Å². The molecule has 0 amide bonds. The van der Waals surface area contributed by atoms with Crippen LogP contribution >= 0.6 is 0 Å². The molecule has 1 rings (SSSR count). The fraction of sp³-hybridized carbons (Fsp3) is 0.600. The Morgan fingerprint density at radius 3 is 2.18 bits per heavy atom.